The molecule has 1 aromatic carbocycles. The standard InChI is InChI=1S/C10H9NO7/c1-17-9-3-6(18-5-10(13)14)2-8(11(15)16)7(9)4-12/h2-4H,5H2,1H3,(H,13,14). The van der Waals surface area contributed by atoms with Crippen LogP contribution >= 0.6 is 0 Å². The van der Waals surface area contributed by atoms with Gasteiger partial charge < -0.3 is 14.6 Å². The predicted octanol–water partition coefficient (Wildman–Crippen LogP) is 0.879. The molecule has 0 spiro atoms. The summed E-state index contributed by atoms with van der Waals surface area (Å²) >= 11 is 0. The van der Waals surface area contributed by atoms with Crippen molar-refractivity contribution in [1.82, 2.24) is 0 Å². The summed E-state index contributed by atoms with van der Waals surface area (Å²) in [6.07, 6.45) is 0.290. The molecule has 0 aliphatic rings. The third-order valence-corrected chi connectivity index (χ3v) is 1.99. The van der Waals surface area contributed by atoms with Crippen molar-refractivity contribution >= 4 is 17.9 Å². The summed E-state index contributed by atoms with van der Waals surface area (Å²) in [5, 5.41) is 19.2. The van der Waals surface area contributed by atoms with Gasteiger partial charge in [0.15, 0.2) is 12.9 Å². The molecular weight excluding hydrogens is 246 g/mol. The lowest BCUT2D eigenvalue weighted by molar-refractivity contribution is -0.385. The van der Waals surface area contributed by atoms with E-state index in [0.717, 1.165) is 6.07 Å². The smallest absolute Gasteiger partial charge is 0.341 e. The fourth-order valence-electron chi connectivity index (χ4n) is 1.25. The number of carboxylic acids is 1. The van der Waals surface area contributed by atoms with Gasteiger partial charge in [-0.2, -0.15) is 0 Å². The van der Waals surface area contributed by atoms with Crippen LogP contribution in [0.15, 0.2) is 12.1 Å². The maximum absolute atomic E-state index is 10.8. The Morgan fingerprint density at radius 3 is 2.67 bits per heavy atom. The van der Waals surface area contributed by atoms with E-state index in [-0.39, 0.29) is 23.3 Å². The van der Waals surface area contributed by atoms with E-state index in [4.69, 9.17) is 14.6 Å². The summed E-state index contributed by atoms with van der Waals surface area (Å²) < 4.78 is 9.61. The molecule has 1 aromatic rings. The molecule has 0 fully saturated rings. The quantitative estimate of drug-likeness (QED) is 0.455. The second-order valence-corrected chi connectivity index (χ2v) is 3.12. The Hall–Kier alpha value is -2.64. The number of benzene rings is 1. The number of nitro groups is 1. The van der Waals surface area contributed by atoms with Crippen LogP contribution in [0.5, 0.6) is 11.5 Å². The molecular formula is C10H9NO7. The van der Waals surface area contributed by atoms with Gasteiger partial charge in [0.05, 0.1) is 18.1 Å². The van der Waals surface area contributed by atoms with E-state index in [0.29, 0.717) is 0 Å². The molecule has 1 rings (SSSR count). The van der Waals surface area contributed by atoms with Gasteiger partial charge in [-0.05, 0) is 0 Å². The number of rotatable bonds is 6. The molecule has 18 heavy (non-hydrogen) atoms. The van der Waals surface area contributed by atoms with Crippen molar-refractivity contribution in [3.05, 3.63) is 27.8 Å². The number of nitro benzene ring substituents is 1. The van der Waals surface area contributed by atoms with E-state index in [1.54, 1.807) is 0 Å². The highest BCUT2D eigenvalue weighted by Gasteiger charge is 2.20. The molecule has 0 saturated heterocycles. The number of ether oxygens (including phenoxy) is 2. The number of carboxylic acid groups (broad SMARTS) is 1. The average Bonchev–Trinajstić information content (AvgIpc) is 2.34. The van der Waals surface area contributed by atoms with Crippen molar-refractivity contribution in [2.45, 2.75) is 0 Å². The number of hydrogen-bond donors (Lipinski definition) is 1. The number of aliphatic carboxylic acids is 1. The average molecular weight is 255 g/mol. The fourth-order valence-corrected chi connectivity index (χ4v) is 1.25. The normalized spacial score (nSPS) is 9.61. The molecule has 0 aliphatic heterocycles. The zero-order valence-corrected chi connectivity index (χ0v) is 9.28. The maximum Gasteiger partial charge on any atom is 0.341 e. The largest absolute Gasteiger partial charge is 0.496 e. The highest BCUT2D eigenvalue weighted by atomic mass is 16.6. The SMILES string of the molecule is COc1cc(OCC(=O)O)cc([N+](=O)[O-])c1C=O. The molecule has 0 saturated carbocycles. The molecule has 0 aromatic heterocycles. The van der Waals surface area contributed by atoms with Gasteiger partial charge in [-0.15, -0.1) is 0 Å². The number of carbonyl (C=O) groups excluding carboxylic acids is 1. The van der Waals surface area contributed by atoms with Crippen LogP contribution in [0.3, 0.4) is 0 Å². The highest BCUT2D eigenvalue weighted by Crippen LogP contribution is 2.32. The Kier molecular flexibility index (Phi) is 4.19. The van der Waals surface area contributed by atoms with E-state index >= 15 is 0 Å². The molecule has 0 bridgehead atoms. The monoisotopic (exact) mass is 255 g/mol. The minimum Gasteiger partial charge on any atom is -0.496 e. The molecule has 96 valence electrons. The van der Waals surface area contributed by atoms with Crippen molar-refractivity contribution in [2.75, 3.05) is 13.7 Å². The zero-order chi connectivity index (χ0) is 13.7. The first-order valence-electron chi connectivity index (χ1n) is 4.65. The van der Waals surface area contributed by atoms with Crippen LogP contribution in [0, 0.1) is 10.1 Å². The summed E-state index contributed by atoms with van der Waals surface area (Å²) in [6, 6.07) is 2.18. The first kappa shape index (κ1) is 13.4. The summed E-state index contributed by atoms with van der Waals surface area (Å²) in [5.74, 6) is -1.35. The second-order valence-electron chi connectivity index (χ2n) is 3.12. The van der Waals surface area contributed by atoms with Crippen LogP contribution in [0.1, 0.15) is 10.4 Å². The molecule has 8 heteroatoms. The summed E-state index contributed by atoms with van der Waals surface area (Å²) in [4.78, 5) is 31.1. The number of methoxy groups -OCH3 is 1. The van der Waals surface area contributed by atoms with E-state index in [1.165, 1.54) is 13.2 Å². The van der Waals surface area contributed by atoms with Crippen LogP contribution in [-0.2, 0) is 4.79 Å². The topological polar surface area (TPSA) is 116 Å². The van der Waals surface area contributed by atoms with E-state index in [9.17, 15) is 19.7 Å². The lowest BCUT2D eigenvalue weighted by atomic mass is 10.1. The number of carbonyl (C=O) groups is 2. The van der Waals surface area contributed by atoms with Gasteiger partial charge in [-0.3, -0.25) is 14.9 Å². The van der Waals surface area contributed by atoms with Crippen molar-refractivity contribution in [3.63, 3.8) is 0 Å². The second kappa shape index (κ2) is 5.62. The Bertz CT molecular complexity index is 497. The third kappa shape index (κ3) is 2.94. The fraction of sp³-hybridized carbons (Fsp3) is 0.200. The van der Waals surface area contributed by atoms with Crippen LogP contribution in [-0.4, -0.2) is 36.0 Å². The van der Waals surface area contributed by atoms with Crippen molar-refractivity contribution in [2.24, 2.45) is 0 Å². The number of nitrogens with zero attached hydrogens (tertiary/aromatic N) is 1. The zero-order valence-electron chi connectivity index (χ0n) is 9.28. The van der Waals surface area contributed by atoms with Crippen LogP contribution in [0.25, 0.3) is 0 Å². The Labute approximate surface area is 101 Å². The Morgan fingerprint density at radius 1 is 1.56 bits per heavy atom. The van der Waals surface area contributed by atoms with E-state index < -0.39 is 23.2 Å². The highest BCUT2D eigenvalue weighted by molar-refractivity contribution is 5.86. The Balaban J connectivity index is 3.22. The summed E-state index contributed by atoms with van der Waals surface area (Å²) in [5.41, 5.74) is -0.741. The minimum absolute atomic E-state index is 0.0559. The van der Waals surface area contributed by atoms with Gasteiger partial charge in [-0.25, -0.2) is 4.79 Å². The minimum atomic E-state index is -1.23. The van der Waals surface area contributed by atoms with Crippen molar-refractivity contribution in [1.29, 1.82) is 0 Å². The maximum atomic E-state index is 10.8. The van der Waals surface area contributed by atoms with Crippen LogP contribution in [0.2, 0.25) is 0 Å². The molecule has 0 amide bonds. The van der Waals surface area contributed by atoms with Gasteiger partial charge >= 0.3 is 5.97 Å². The molecule has 0 atom stereocenters. The first-order chi connectivity index (χ1) is 8.49. The number of aldehydes is 1. The summed E-state index contributed by atoms with van der Waals surface area (Å²) in [6.45, 7) is -0.652. The van der Waals surface area contributed by atoms with Crippen LogP contribution in [0.4, 0.5) is 5.69 Å². The predicted molar refractivity (Wildman–Crippen MR) is 58.2 cm³/mol. The molecule has 1 N–H and O–H groups in total. The van der Waals surface area contributed by atoms with Gasteiger partial charge in [0, 0.05) is 6.07 Å². The van der Waals surface area contributed by atoms with Gasteiger partial charge in [0.1, 0.15) is 17.1 Å². The molecule has 0 aliphatic carbocycles. The molecule has 0 radical (unpaired) electrons. The van der Waals surface area contributed by atoms with Gasteiger partial charge in [-0.1, -0.05) is 0 Å². The lowest BCUT2D eigenvalue weighted by Gasteiger charge is -2.08. The first-order valence-corrected chi connectivity index (χ1v) is 4.65. The Morgan fingerprint density at radius 2 is 2.22 bits per heavy atom. The lowest BCUT2D eigenvalue weighted by Crippen LogP contribution is -2.10. The van der Waals surface area contributed by atoms with E-state index in [1.807, 2.05) is 0 Å². The molecule has 8 nitrogen and oxygen atoms in total. The van der Waals surface area contributed by atoms with E-state index in [2.05, 4.69) is 0 Å². The molecule has 0 unspecified atom stereocenters. The van der Waals surface area contributed by atoms with Crippen molar-refractivity contribution in [3.8, 4) is 11.5 Å². The molecule has 0 heterocycles. The van der Waals surface area contributed by atoms with Gasteiger partial charge in [0.25, 0.3) is 5.69 Å². The number of hydrogen-bond acceptors (Lipinski definition) is 6. The van der Waals surface area contributed by atoms with Crippen LogP contribution < -0.4 is 9.47 Å². The third-order valence-electron chi connectivity index (χ3n) is 1.99. The van der Waals surface area contributed by atoms with Crippen molar-refractivity contribution < 1.29 is 29.1 Å². The summed E-state index contributed by atoms with van der Waals surface area (Å²) in [7, 11) is 1.23. The van der Waals surface area contributed by atoms with Gasteiger partial charge in [0.2, 0.25) is 0 Å².